The van der Waals surface area contributed by atoms with E-state index in [-0.39, 0.29) is 23.1 Å². The first-order valence-corrected chi connectivity index (χ1v) is 7.80. The number of carbonyl (C=O) groups excluding carboxylic acids is 2. The fourth-order valence-corrected chi connectivity index (χ4v) is 4.74. The maximum atomic E-state index is 12.2. The molecule has 2 heterocycles. The molecule has 0 bridgehead atoms. The van der Waals surface area contributed by atoms with Crippen molar-refractivity contribution >= 4 is 23.6 Å². The van der Waals surface area contributed by atoms with Gasteiger partial charge in [0.25, 0.3) is 0 Å². The Balaban J connectivity index is 1.87. The summed E-state index contributed by atoms with van der Waals surface area (Å²) in [7, 11) is 0. The Morgan fingerprint density at radius 3 is 2.74 bits per heavy atom. The minimum absolute atomic E-state index is 0.0670. The largest absolute Gasteiger partial charge is 0.296 e. The number of rotatable bonds is 2. The molecule has 0 aromatic heterocycles. The standard InChI is InChI=1S/C15H17NO2S/c17-13-9-15(6-7-19-10-15)12(14(18)16-13)8-11-4-2-1-3-5-11/h1-5,12H,6-10H2,(H,16,17,18). The molecule has 0 radical (unpaired) electrons. The van der Waals surface area contributed by atoms with Gasteiger partial charge in [-0.2, -0.15) is 11.8 Å². The lowest BCUT2D eigenvalue weighted by molar-refractivity contribution is -0.142. The fraction of sp³-hybridized carbons (Fsp3) is 0.467. The van der Waals surface area contributed by atoms with Crippen LogP contribution in [-0.2, 0) is 16.0 Å². The number of benzene rings is 1. The average Bonchev–Trinajstić information content (AvgIpc) is 2.84. The van der Waals surface area contributed by atoms with Crippen molar-refractivity contribution < 1.29 is 9.59 Å². The van der Waals surface area contributed by atoms with Crippen LogP contribution in [-0.4, -0.2) is 23.3 Å². The van der Waals surface area contributed by atoms with Crippen molar-refractivity contribution in [3.63, 3.8) is 0 Å². The smallest absolute Gasteiger partial charge is 0.230 e. The molecule has 0 saturated carbocycles. The molecule has 1 aromatic rings. The molecule has 1 spiro atoms. The SMILES string of the molecule is O=C1CC2(CCSC2)C(Cc2ccccc2)C(=O)N1. The molecule has 2 aliphatic rings. The number of imide groups is 1. The van der Waals surface area contributed by atoms with Crippen molar-refractivity contribution in [1.82, 2.24) is 5.32 Å². The minimum Gasteiger partial charge on any atom is -0.296 e. The summed E-state index contributed by atoms with van der Waals surface area (Å²) >= 11 is 1.87. The van der Waals surface area contributed by atoms with Gasteiger partial charge in [-0.05, 0) is 24.2 Å². The van der Waals surface area contributed by atoms with Gasteiger partial charge >= 0.3 is 0 Å². The van der Waals surface area contributed by atoms with E-state index in [0.717, 1.165) is 24.3 Å². The molecule has 2 amide bonds. The van der Waals surface area contributed by atoms with E-state index in [1.54, 1.807) is 0 Å². The van der Waals surface area contributed by atoms with Crippen LogP contribution in [0.2, 0.25) is 0 Å². The topological polar surface area (TPSA) is 46.2 Å². The van der Waals surface area contributed by atoms with Gasteiger partial charge in [-0.25, -0.2) is 0 Å². The molecule has 2 unspecified atom stereocenters. The van der Waals surface area contributed by atoms with Gasteiger partial charge in [-0.3, -0.25) is 14.9 Å². The van der Waals surface area contributed by atoms with E-state index >= 15 is 0 Å². The molecule has 1 N–H and O–H groups in total. The van der Waals surface area contributed by atoms with E-state index in [9.17, 15) is 9.59 Å². The van der Waals surface area contributed by atoms with Crippen molar-refractivity contribution in [3.05, 3.63) is 35.9 Å². The highest BCUT2D eigenvalue weighted by Gasteiger charge is 2.49. The molecule has 1 aromatic carbocycles. The van der Waals surface area contributed by atoms with Crippen molar-refractivity contribution in [2.75, 3.05) is 11.5 Å². The summed E-state index contributed by atoms with van der Waals surface area (Å²) in [6.45, 7) is 0. The first-order chi connectivity index (χ1) is 9.20. The number of amides is 2. The third-order valence-electron chi connectivity index (χ3n) is 4.25. The van der Waals surface area contributed by atoms with Crippen LogP contribution in [0, 0.1) is 11.3 Å². The Bertz CT molecular complexity index is 494. The van der Waals surface area contributed by atoms with Crippen molar-refractivity contribution in [2.45, 2.75) is 19.3 Å². The van der Waals surface area contributed by atoms with Gasteiger partial charge in [-0.1, -0.05) is 30.3 Å². The molecule has 2 atom stereocenters. The number of carbonyl (C=O) groups is 2. The lowest BCUT2D eigenvalue weighted by Crippen LogP contribution is -2.53. The molecule has 3 nitrogen and oxygen atoms in total. The van der Waals surface area contributed by atoms with Gasteiger partial charge in [0.1, 0.15) is 0 Å². The highest BCUT2D eigenvalue weighted by Crippen LogP contribution is 2.47. The molecule has 19 heavy (non-hydrogen) atoms. The maximum absolute atomic E-state index is 12.2. The minimum atomic E-state index is -0.111. The van der Waals surface area contributed by atoms with E-state index in [1.807, 2.05) is 30.0 Å². The predicted octanol–water partition coefficient (Wildman–Crippen LogP) is 2.02. The number of hydrogen-bond donors (Lipinski definition) is 1. The summed E-state index contributed by atoms with van der Waals surface area (Å²) in [6, 6.07) is 10.1. The number of piperidine rings is 1. The second kappa shape index (κ2) is 5.00. The average molecular weight is 275 g/mol. The third kappa shape index (κ3) is 2.41. The highest BCUT2D eigenvalue weighted by molar-refractivity contribution is 7.99. The van der Waals surface area contributed by atoms with Gasteiger partial charge in [-0.15, -0.1) is 0 Å². The summed E-state index contributed by atoms with van der Waals surface area (Å²) < 4.78 is 0. The van der Waals surface area contributed by atoms with E-state index in [1.165, 1.54) is 5.56 Å². The van der Waals surface area contributed by atoms with Crippen molar-refractivity contribution in [2.24, 2.45) is 11.3 Å². The van der Waals surface area contributed by atoms with Crippen LogP contribution in [0.25, 0.3) is 0 Å². The Labute approximate surface area is 117 Å². The van der Waals surface area contributed by atoms with Crippen LogP contribution in [0.1, 0.15) is 18.4 Å². The van der Waals surface area contributed by atoms with Crippen LogP contribution in [0.15, 0.2) is 30.3 Å². The number of nitrogens with one attached hydrogen (secondary N) is 1. The van der Waals surface area contributed by atoms with Crippen LogP contribution in [0.3, 0.4) is 0 Å². The second-order valence-electron chi connectivity index (χ2n) is 5.50. The van der Waals surface area contributed by atoms with E-state index in [4.69, 9.17) is 0 Å². The van der Waals surface area contributed by atoms with Gasteiger partial charge in [0.2, 0.25) is 11.8 Å². The molecule has 2 aliphatic heterocycles. The zero-order valence-corrected chi connectivity index (χ0v) is 11.5. The number of thioether (sulfide) groups is 1. The summed E-state index contributed by atoms with van der Waals surface area (Å²) in [4.78, 5) is 23.9. The van der Waals surface area contributed by atoms with E-state index in [2.05, 4.69) is 17.4 Å². The molecule has 4 heteroatoms. The molecule has 0 aliphatic carbocycles. The Morgan fingerprint density at radius 2 is 2.05 bits per heavy atom. The Hall–Kier alpha value is -1.29. The summed E-state index contributed by atoms with van der Waals surface area (Å²) in [5.74, 6) is 1.75. The van der Waals surface area contributed by atoms with Crippen LogP contribution >= 0.6 is 11.8 Å². The molecule has 100 valence electrons. The lowest BCUT2D eigenvalue weighted by atomic mass is 9.67. The number of hydrogen-bond acceptors (Lipinski definition) is 3. The zero-order valence-electron chi connectivity index (χ0n) is 10.7. The predicted molar refractivity (Wildman–Crippen MR) is 75.8 cm³/mol. The summed E-state index contributed by atoms with van der Waals surface area (Å²) in [6.07, 6.45) is 2.22. The zero-order chi connectivity index (χ0) is 13.3. The van der Waals surface area contributed by atoms with Crippen LogP contribution < -0.4 is 5.32 Å². The van der Waals surface area contributed by atoms with Gasteiger partial charge in [0.15, 0.2) is 0 Å². The fourth-order valence-electron chi connectivity index (χ4n) is 3.19. The van der Waals surface area contributed by atoms with Gasteiger partial charge < -0.3 is 0 Å². The van der Waals surface area contributed by atoms with Crippen LogP contribution in [0.5, 0.6) is 0 Å². The first-order valence-electron chi connectivity index (χ1n) is 6.65. The molecule has 2 saturated heterocycles. The van der Waals surface area contributed by atoms with E-state index in [0.29, 0.717) is 6.42 Å². The van der Waals surface area contributed by atoms with Gasteiger partial charge in [0, 0.05) is 23.5 Å². The van der Waals surface area contributed by atoms with Crippen LogP contribution in [0.4, 0.5) is 0 Å². The quantitative estimate of drug-likeness (QED) is 0.840. The second-order valence-corrected chi connectivity index (χ2v) is 6.60. The summed E-state index contributed by atoms with van der Waals surface area (Å²) in [5, 5.41) is 2.51. The van der Waals surface area contributed by atoms with Gasteiger partial charge in [0.05, 0.1) is 0 Å². The molecular formula is C15H17NO2S. The lowest BCUT2D eigenvalue weighted by Gasteiger charge is -2.39. The Kier molecular flexibility index (Phi) is 3.35. The first kappa shape index (κ1) is 12.7. The Morgan fingerprint density at radius 1 is 1.26 bits per heavy atom. The highest BCUT2D eigenvalue weighted by atomic mass is 32.2. The maximum Gasteiger partial charge on any atom is 0.230 e. The normalized spacial score (nSPS) is 30.6. The van der Waals surface area contributed by atoms with E-state index < -0.39 is 0 Å². The molecular weight excluding hydrogens is 258 g/mol. The van der Waals surface area contributed by atoms with Crippen molar-refractivity contribution in [3.8, 4) is 0 Å². The van der Waals surface area contributed by atoms with Crippen molar-refractivity contribution in [1.29, 1.82) is 0 Å². The monoisotopic (exact) mass is 275 g/mol. The molecule has 3 rings (SSSR count). The third-order valence-corrected chi connectivity index (χ3v) is 5.52. The summed E-state index contributed by atoms with van der Waals surface area (Å²) in [5.41, 5.74) is 1.06. The molecule has 2 fully saturated rings.